The molecule has 1 rings (SSSR count). The van der Waals surface area contributed by atoms with E-state index < -0.39 is 24.2 Å². The minimum absolute atomic E-state index is 0.170. The van der Waals surface area contributed by atoms with Crippen LogP contribution in [0.4, 0.5) is 17.6 Å². The summed E-state index contributed by atoms with van der Waals surface area (Å²) in [5.74, 6) is -1.03. The van der Waals surface area contributed by atoms with Gasteiger partial charge in [0.05, 0.1) is 6.42 Å². The van der Waals surface area contributed by atoms with Crippen molar-refractivity contribution in [1.82, 2.24) is 10.6 Å². The largest absolute Gasteiger partial charge is 0.505 e. The molecular formula is C12H15F4N3O. The number of rotatable bonds is 4. The molecule has 0 spiro atoms. The van der Waals surface area contributed by atoms with Gasteiger partial charge in [0.15, 0.2) is 17.5 Å². The zero-order chi connectivity index (χ0) is 15.2. The van der Waals surface area contributed by atoms with Gasteiger partial charge in [0.25, 0.3) is 0 Å². The molecule has 0 aliphatic heterocycles. The summed E-state index contributed by atoms with van der Waals surface area (Å²) in [6.07, 6.45) is -5.20. The van der Waals surface area contributed by atoms with Crippen LogP contribution < -0.4 is 10.6 Å². The molecule has 8 heteroatoms. The molecule has 0 atom stereocenters. The number of aliphatic imine (C=N–C) groups is 1. The molecule has 0 aliphatic rings. The molecule has 0 saturated heterocycles. The Morgan fingerprint density at radius 3 is 2.55 bits per heavy atom. The molecule has 0 aliphatic carbocycles. The van der Waals surface area contributed by atoms with Crippen LogP contribution in [-0.2, 0) is 6.54 Å². The second-order valence-electron chi connectivity index (χ2n) is 4.00. The monoisotopic (exact) mass is 293 g/mol. The zero-order valence-corrected chi connectivity index (χ0v) is 10.8. The molecule has 0 unspecified atom stereocenters. The molecule has 0 aromatic heterocycles. The number of alkyl halides is 3. The predicted octanol–water partition coefficient (Wildman–Crippen LogP) is 2.15. The van der Waals surface area contributed by atoms with Gasteiger partial charge in [-0.1, -0.05) is 6.07 Å². The lowest BCUT2D eigenvalue weighted by atomic mass is 10.2. The molecule has 0 saturated carbocycles. The van der Waals surface area contributed by atoms with Gasteiger partial charge in [0, 0.05) is 20.1 Å². The second-order valence-corrected chi connectivity index (χ2v) is 4.00. The van der Waals surface area contributed by atoms with E-state index in [-0.39, 0.29) is 19.0 Å². The average molecular weight is 293 g/mol. The van der Waals surface area contributed by atoms with Crippen LogP contribution in [0.1, 0.15) is 12.0 Å². The van der Waals surface area contributed by atoms with Crippen molar-refractivity contribution in [3.63, 3.8) is 0 Å². The van der Waals surface area contributed by atoms with Gasteiger partial charge in [-0.05, 0) is 17.7 Å². The number of aromatic hydroxyl groups is 1. The maximum Gasteiger partial charge on any atom is 0.390 e. The number of halogens is 4. The van der Waals surface area contributed by atoms with Crippen molar-refractivity contribution in [2.75, 3.05) is 13.6 Å². The summed E-state index contributed by atoms with van der Waals surface area (Å²) in [5, 5.41) is 14.3. The van der Waals surface area contributed by atoms with E-state index in [9.17, 15) is 17.6 Å². The Morgan fingerprint density at radius 2 is 2.00 bits per heavy atom. The van der Waals surface area contributed by atoms with Gasteiger partial charge in [0.2, 0.25) is 0 Å². The average Bonchev–Trinajstić information content (AvgIpc) is 2.36. The molecule has 0 radical (unpaired) electrons. The highest BCUT2D eigenvalue weighted by Gasteiger charge is 2.26. The SMILES string of the molecule is CN=C(NCCC(F)(F)F)NCc1ccc(O)c(F)c1. The van der Waals surface area contributed by atoms with E-state index >= 15 is 0 Å². The van der Waals surface area contributed by atoms with E-state index in [4.69, 9.17) is 5.11 Å². The number of hydrogen-bond acceptors (Lipinski definition) is 2. The van der Waals surface area contributed by atoms with Crippen LogP contribution in [0.2, 0.25) is 0 Å². The van der Waals surface area contributed by atoms with E-state index in [0.717, 1.165) is 6.07 Å². The third-order valence-corrected chi connectivity index (χ3v) is 2.40. The topological polar surface area (TPSA) is 56.7 Å². The minimum atomic E-state index is -4.23. The van der Waals surface area contributed by atoms with Gasteiger partial charge in [-0.25, -0.2) is 4.39 Å². The lowest BCUT2D eigenvalue weighted by molar-refractivity contribution is -0.132. The normalized spacial score (nSPS) is 12.3. The van der Waals surface area contributed by atoms with Crippen LogP contribution in [0.3, 0.4) is 0 Å². The van der Waals surface area contributed by atoms with E-state index in [1.165, 1.54) is 19.2 Å². The van der Waals surface area contributed by atoms with Crippen LogP contribution >= 0.6 is 0 Å². The molecule has 112 valence electrons. The smallest absolute Gasteiger partial charge is 0.390 e. The Kier molecular flexibility index (Phi) is 5.60. The second kappa shape index (κ2) is 6.97. The first kappa shape index (κ1) is 16.1. The summed E-state index contributed by atoms with van der Waals surface area (Å²) in [6.45, 7) is -0.129. The van der Waals surface area contributed by atoms with Crippen LogP contribution in [-0.4, -0.2) is 30.8 Å². The first-order valence-electron chi connectivity index (χ1n) is 5.80. The lowest BCUT2D eigenvalue weighted by Gasteiger charge is -2.13. The molecule has 0 amide bonds. The number of guanidine groups is 1. The molecule has 4 nitrogen and oxygen atoms in total. The number of phenols is 1. The number of hydrogen-bond donors (Lipinski definition) is 3. The Labute approximate surface area is 113 Å². The maximum absolute atomic E-state index is 13.1. The summed E-state index contributed by atoms with van der Waals surface area (Å²) in [6, 6.07) is 3.83. The van der Waals surface area contributed by atoms with Gasteiger partial charge in [-0.15, -0.1) is 0 Å². The van der Waals surface area contributed by atoms with Gasteiger partial charge in [0.1, 0.15) is 0 Å². The standard InChI is InChI=1S/C12H15F4N3O/c1-17-11(18-5-4-12(14,15)16)19-7-8-2-3-10(20)9(13)6-8/h2-3,6,20H,4-5,7H2,1H3,(H2,17,18,19). The maximum atomic E-state index is 13.1. The summed E-state index contributed by atoms with van der Waals surface area (Å²) < 4.78 is 49.0. The highest BCUT2D eigenvalue weighted by Crippen LogP contribution is 2.18. The first-order chi connectivity index (χ1) is 9.31. The van der Waals surface area contributed by atoms with E-state index in [1.807, 2.05) is 0 Å². The van der Waals surface area contributed by atoms with E-state index in [2.05, 4.69) is 15.6 Å². The number of benzene rings is 1. The molecule has 3 N–H and O–H groups in total. The minimum Gasteiger partial charge on any atom is -0.505 e. The Balaban J connectivity index is 2.43. The molecule has 0 fully saturated rings. The van der Waals surface area contributed by atoms with E-state index in [1.54, 1.807) is 0 Å². The molecule has 20 heavy (non-hydrogen) atoms. The van der Waals surface area contributed by atoms with Crippen molar-refractivity contribution >= 4 is 5.96 Å². The van der Waals surface area contributed by atoms with Crippen molar-refractivity contribution in [3.05, 3.63) is 29.6 Å². The fourth-order valence-electron chi connectivity index (χ4n) is 1.39. The van der Waals surface area contributed by atoms with Crippen LogP contribution in [0, 0.1) is 5.82 Å². The molecular weight excluding hydrogens is 278 g/mol. The Morgan fingerprint density at radius 1 is 1.30 bits per heavy atom. The van der Waals surface area contributed by atoms with Gasteiger partial charge >= 0.3 is 6.18 Å². The van der Waals surface area contributed by atoms with E-state index in [0.29, 0.717) is 5.56 Å². The number of nitrogens with one attached hydrogen (secondary N) is 2. The predicted molar refractivity (Wildman–Crippen MR) is 66.9 cm³/mol. The summed E-state index contributed by atoms with van der Waals surface area (Å²) >= 11 is 0. The molecule has 1 aromatic carbocycles. The molecule has 0 bridgehead atoms. The lowest BCUT2D eigenvalue weighted by Crippen LogP contribution is -2.38. The zero-order valence-electron chi connectivity index (χ0n) is 10.8. The summed E-state index contributed by atoms with van der Waals surface area (Å²) in [5.41, 5.74) is 0.527. The summed E-state index contributed by atoms with van der Waals surface area (Å²) in [4.78, 5) is 3.75. The highest BCUT2D eigenvalue weighted by molar-refractivity contribution is 5.79. The van der Waals surface area contributed by atoms with Crippen molar-refractivity contribution in [3.8, 4) is 5.75 Å². The van der Waals surface area contributed by atoms with Crippen LogP contribution in [0.15, 0.2) is 23.2 Å². The van der Waals surface area contributed by atoms with Gasteiger partial charge in [-0.2, -0.15) is 13.2 Å². The van der Waals surface area contributed by atoms with Gasteiger partial charge < -0.3 is 15.7 Å². The molecule has 1 aromatic rings. The third-order valence-electron chi connectivity index (χ3n) is 2.40. The third kappa shape index (κ3) is 5.77. The van der Waals surface area contributed by atoms with Crippen LogP contribution in [0.5, 0.6) is 5.75 Å². The fraction of sp³-hybridized carbons (Fsp3) is 0.417. The summed E-state index contributed by atoms with van der Waals surface area (Å²) in [7, 11) is 1.42. The van der Waals surface area contributed by atoms with Crippen molar-refractivity contribution in [2.45, 2.75) is 19.1 Å². The first-order valence-corrected chi connectivity index (χ1v) is 5.80. The van der Waals surface area contributed by atoms with Crippen LogP contribution in [0.25, 0.3) is 0 Å². The molecule has 0 heterocycles. The fourth-order valence-corrected chi connectivity index (χ4v) is 1.39. The van der Waals surface area contributed by atoms with Crippen molar-refractivity contribution in [1.29, 1.82) is 0 Å². The number of nitrogens with zero attached hydrogens (tertiary/aromatic N) is 1. The highest BCUT2D eigenvalue weighted by atomic mass is 19.4. The van der Waals surface area contributed by atoms with Crippen molar-refractivity contribution < 1.29 is 22.7 Å². The van der Waals surface area contributed by atoms with Gasteiger partial charge in [-0.3, -0.25) is 4.99 Å². The Bertz CT molecular complexity index is 474. The quantitative estimate of drug-likeness (QED) is 0.453. The number of phenolic OH excluding ortho intramolecular Hbond substituents is 1. The van der Waals surface area contributed by atoms with Crippen molar-refractivity contribution in [2.24, 2.45) is 4.99 Å². The Hall–Kier alpha value is -1.99.